The number of fused-ring (bicyclic) bond motifs is 1. The van der Waals surface area contributed by atoms with Gasteiger partial charge in [-0.1, -0.05) is 11.6 Å². The van der Waals surface area contributed by atoms with Crippen LogP contribution in [0.3, 0.4) is 0 Å². The molecule has 1 aromatic carbocycles. The van der Waals surface area contributed by atoms with E-state index in [1.54, 1.807) is 25.3 Å². The molecule has 1 aromatic heterocycles. The third kappa shape index (κ3) is 3.44. The first-order chi connectivity index (χ1) is 9.61. The molecule has 0 aliphatic carbocycles. The molecule has 3 N–H and O–H groups in total. The Hall–Kier alpha value is -1.70. The molecule has 2 rings (SSSR count). The van der Waals surface area contributed by atoms with Crippen molar-refractivity contribution >= 4 is 45.5 Å². The molecular weight excluding hydrogens is 300 g/mol. The van der Waals surface area contributed by atoms with E-state index in [-0.39, 0.29) is 11.0 Å². The van der Waals surface area contributed by atoms with Gasteiger partial charge in [-0.3, -0.25) is 0 Å². The number of ether oxygens (including phenoxy) is 1. The number of hydrogen-bond donors (Lipinski definition) is 3. The van der Waals surface area contributed by atoms with Crippen molar-refractivity contribution in [3.63, 3.8) is 0 Å². The minimum Gasteiger partial charge on any atom is -0.493 e. The normalized spacial score (nSPS) is 11.3. The molecule has 0 unspecified atom stereocenters. The number of benzene rings is 1. The van der Waals surface area contributed by atoms with Crippen molar-refractivity contribution in [3.8, 4) is 5.88 Å². The smallest absolute Gasteiger partial charge is 0.218 e. The van der Waals surface area contributed by atoms with Crippen LogP contribution in [-0.2, 0) is 4.74 Å². The van der Waals surface area contributed by atoms with Crippen molar-refractivity contribution in [1.29, 1.82) is 0 Å². The van der Waals surface area contributed by atoms with E-state index in [9.17, 15) is 5.11 Å². The van der Waals surface area contributed by atoms with Crippen molar-refractivity contribution in [2.75, 3.05) is 20.3 Å². The molecule has 0 spiro atoms. The van der Waals surface area contributed by atoms with E-state index in [2.05, 4.69) is 20.5 Å². The molecule has 0 amide bonds. The molecule has 2 aromatic rings. The Morgan fingerprint density at radius 1 is 1.55 bits per heavy atom. The SMILES string of the molecule is COCCNC(=S)N=Nc1c(O)[nH]c2ccc(Cl)cc12. The summed E-state index contributed by atoms with van der Waals surface area (Å²) in [6.45, 7) is 1.06. The number of hydrogen-bond acceptors (Lipinski definition) is 4. The summed E-state index contributed by atoms with van der Waals surface area (Å²) < 4.78 is 4.88. The molecule has 0 radical (unpaired) electrons. The standard InChI is InChI=1S/C12H13ClN4O2S/c1-19-5-4-14-12(20)17-16-10-8-6-7(13)2-3-9(8)15-11(10)18/h2-3,6,15,18H,4-5H2,1H3,(H,14,20). The molecule has 8 heteroatoms. The van der Waals surface area contributed by atoms with Gasteiger partial charge in [-0.2, -0.15) is 0 Å². The van der Waals surface area contributed by atoms with Gasteiger partial charge in [-0.15, -0.1) is 10.2 Å². The van der Waals surface area contributed by atoms with Gasteiger partial charge in [0, 0.05) is 24.1 Å². The molecule has 0 aliphatic rings. The van der Waals surface area contributed by atoms with Gasteiger partial charge >= 0.3 is 0 Å². The average Bonchev–Trinajstić information content (AvgIpc) is 2.72. The molecule has 0 aliphatic heterocycles. The van der Waals surface area contributed by atoms with Crippen molar-refractivity contribution in [2.24, 2.45) is 10.2 Å². The number of aromatic hydroxyl groups is 1. The maximum Gasteiger partial charge on any atom is 0.218 e. The van der Waals surface area contributed by atoms with E-state index in [4.69, 9.17) is 28.6 Å². The quantitative estimate of drug-likeness (QED) is 0.460. The molecule has 6 nitrogen and oxygen atoms in total. The Morgan fingerprint density at radius 3 is 3.10 bits per heavy atom. The predicted molar refractivity (Wildman–Crippen MR) is 82.0 cm³/mol. The van der Waals surface area contributed by atoms with Crippen LogP contribution >= 0.6 is 23.8 Å². The summed E-state index contributed by atoms with van der Waals surface area (Å²) in [6.07, 6.45) is 0. The van der Waals surface area contributed by atoms with Crippen molar-refractivity contribution < 1.29 is 9.84 Å². The Balaban J connectivity index is 2.18. The summed E-state index contributed by atoms with van der Waals surface area (Å²) in [4.78, 5) is 2.79. The second-order valence-electron chi connectivity index (χ2n) is 3.94. The fraction of sp³-hybridized carbons (Fsp3) is 0.250. The lowest BCUT2D eigenvalue weighted by Crippen LogP contribution is -2.23. The van der Waals surface area contributed by atoms with E-state index >= 15 is 0 Å². The van der Waals surface area contributed by atoms with E-state index in [1.165, 1.54) is 0 Å². The van der Waals surface area contributed by atoms with E-state index in [0.717, 1.165) is 5.52 Å². The zero-order chi connectivity index (χ0) is 14.5. The lowest BCUT2D eigenvalue weighted by atomic mass is 10.2. The van der Waals surface area contributed by atoms with Gasteiger partial charge in [0.1, 0.15) is 0 Å². The first kappa shape index (κ1) is 14.7. The number of aromatic nitrogens is 1. The van der Waals surface area contributed by atoms with Crippen LogP contribution in [0.1, 0.15) is 0 Å². The second-order valence-corrected chi connectivity index (χ2v) is 4.76. The van der Waals surface area contributed by atoms with Crippen LogP contribution in [0, 0.1) is 0 Å². The molecule has 0 fully saturated rings. The largest absolute Gasteiger partial charge is 0.493 e. The monoisotopic (exact) mass is 312 g/mol. The van der Waals surface area contributed by atoms with Crippen LogP contribution in [0.4, 0.5) is 5.69 Å². The van der Waals surface area contributed by atoms with Gasteiger partial charge in [0.2, 0.25) is 11.0 Å². The highest BCUT2D eigenvalue weighted by Gasteiger charge is 2.10. The lowest BCUT2D eigenvalue weighted by Gasteiger charge is -2.00. The van der Waals surface area contributed by atoms with Crippen LogP contribution in [0.2, 0.25) is 5.02 Å². The van der Waals surface area contributed by atoms with Gasteiger partial charge < -0.3 is 20.1 Å². The van der Waals surface area contributed by atoms with Gasteiger partial charge in [-0.25, -0.2) is 0 Å². The number of methoxy groups -OCH3 is 1. The number of H-pyrrole nitrogens is 1. The topological polar surface area (TPSA) is 82.0 Å². The van der Waals surface area contributed by atoms with Gasteiger partial charge in [0.05, 0.1) is 12.1 Å². The highest BCUT2D eigenvalue weighted by molar-refractivity contribution is 7.80. The number of thiocarbonyl (C=S) groups is 1. The van der Waals surface area contributed by atoms with Gasteiger partial charge in [-0.05, 0) is 30.4 Å². The van der Waals surface area contributed by atoms with Crippen LogP contribution in [0.5, 0.6) is 5.88 Å². The molecule has 0 saturated heterocycles. The fourth-order valence-corrected chi connectivity index (χ4v) is 1.94. The highest BCUT2D eigenvalue weighted by atomic mass is 35.5. The number of halogens is 1. The number of azo groups is 1. The summed E-state index contributed by atoms with van der Waals surface area (Å²) in [5, 5.41) is 21.9. The molecule has 0 bridgehead atoms. The zero-order valence-electron chi connectivity index (χ0n) is 10.7. The average molecular weight is 313 g/mol. The van der Waals surface area contributed by atoms with Crippen molar-refractivity contribution in [2.45, 2.75) is 0 Å². The summed E-state index contributed by atoms with van der Waals surface area (Å²) in [7, 11) is 1.60. The lowest BCUT2D eigenvalue weighted by molar-refractivity contribution is 0.204. The van der Waals surface area contributed by atoms with Crippen LogP contribution in [0.15, 0.2) is 28.4 Å². The minimum atomic E-state index is -0.0780. The first-order valence-corrected chi connectivity index (χ1v) is 6.59. The van der Waals surface area contributed by atoms with Crippen molar-refractivity contribution in [1.82, 2.24) is 10.3 Å². The molecule has 0 atom stereocenters. The van der Waals surface area contributed by atoms with Crippen LogP contribution in [-0.4, -0.2) is 35.5 Å². The van der Waals surface area contributed by atoms with E-state index < -0.39 is 0 Å². The predicted octanol–water partition coefficient (Wildman–Crippen LogP) is 3.13. The van der Waals surface area contributed by atoms with Crippen LogP contribution in [0.25, 0.3) is 10.9 Å². The Kier molecular flexibility index (Phi) is 4.89. The van der Waals surface area contributed by atoms with Gasteiger partial charge in [0.25, 0.3) is 0 Å². The molecule has 20 heavy (non-hydrogen) atoms. The number of aromatic amines is 1. The minimum absolute atomic E-state index is 0.0780. The molecule has 1 heterocycles. The Bertz CT molecular complexity index is 656. The number of nitrogens with one attached hydrogen (secondary N) is 2. The highest BCUT2D eigenvalue weighted by Crippen LogP contribution is 2.36. The van der Waals surface area contributed by atoms with Crippen LogP contribution < -0.4 is 5.32 Å². The zero-order valence-corrected chi connectivity index (χ0v) is 12.3. The maximum absolute atomic E-state index is 9.82. The first-order valence-electron chi connectivity index (χ1n) is 5.80. The van der Waals surface area contributed by atoms with Gasteiger partial charge in [0.15, 0.2) is 5.69 Å². The summed E-state index contributed by atoms with van der Waals surface area (Å²) >= 11 is 10.9. The molecule has 106 valence electrons. The van der Waals surface area contributed by atoms with E-state index in [0.29, 0.717) is 29.2 Å². The van der Waals surface area contributed by atoms with E-state index in [1.807, 2.05) is 0 Å². The molecular formula is C12H13ClN4O2S. The Morgan fingerprint density at radius 2 is 2.35 bits per heavy atom. The molecule has 0 saturated carbocycles. The second kappa shape index (κ2) is 6.65. The van der Waals surface area contributed by atoms with Crippen molar-refractivity contribution in [3.05, 3.63) is 23.2 Å². The third-order valence-electron chi connectivity index (χ3n) is 2.54. The fourth-order valence-electron chi connectivity index (χ4n) is 1.63. The Labute approximate surface area is 125 Å². The maximum atomic E-state index is 9.82. The summed E-state index contributed by atoms with van der Waals surface area (Å²) in [5.41, 5.74) is 1.03. The number of nitrogens with zero attached hydrogens (tertiary/aromatic N) is 2. The number of rotatable bonds is 4. The summed E-state index contributed by atoms with van der Waals surface area (Å²) in [5.74, 6) is -0.0780. The third-order valence-corrected chi connectivity index (χ3v) is 3.00. The summed E-state index contributed by atoms with van der Waals surface area (Å²) in [6, 6.07) is 5.17.